The number of aryl methyl sites for hydroxylation is 2. The molecule has 1 N–H and O–H groups in total. The summed E-state index contributed by atoms with van der Waals surface area (Å²) in [7, 11) is 0. The van der Waals surface area contributed by atoms with Crippen molar-refractivity contribution in [3.63, 3.8) is 0 Å². The number of nitrogens with one attached hydrogen (secondary N) is 1. The van der Waals surface area contributed by atoms with Crippen molar-refractivity contribution in [2.24, 2.45) is 5.92 Å². The number of nitrogens with zero attached hydrogens (tertiary/aromatic N) is 1. The Morgan fingerprint density at radius 1 is 1.10 bits per heavy atom. The van der Waals surface area contributed by atoms with Crippen LogP contribution in [0, 0.1) is 5.92 Å². The second-order valence-electron chi connectivity index (χ2n) is 6.41. The van der Waals surface area contributed by atoms with Crippen molar-refractivity contribution >= 4 is 23.2 Å². The number of rotatable bonds is 2. The van der Waals surface area contributed by atoms with Crippen LogP contribution in [-0.4, -0.2) is 18.4 Å². The van der Waals surface area contributed by atoms with Crippen LogP contribution in [-0.2, 0) is 22.4 Å². The normalized spacial score (nSPS) is 20.8. The van der Waals surface area contributed by atoms with Gasteiger partial charge in [-0.2, -0.15) is 0 Å². The van der Waals surface area contributed by atoms with Crippen molar-refractivity contribution in [3.05, 3.63) is 23.3 Å². The summed E-state index contributed by atoms with van der Waals surface area (Å²) < 4.78 is 0. The molecule has 21 heavy (non-hydrogen) atoms. The Bertz CT molecular complexity index is 602. The summed E-state index contributed by atoms with van der Waals surface area (Å²) in [5.74, 6) is 0.609. The van der Waals surface area contributed by atoms with Gasteiger partial charge in [-0.05, 0) is 55.4 Å². The first kappa shape index (κ1) is 12.9. The molecule has 0 unspecified atom stereocenters. The third kappa shape index (κ3) is 2.13. The lowest BCUT2D eigenvalue weighted by atomic mass is 9.84. The van der Waals surface area contributed by atoms with Gasteiger partial charge in [0.1, 0.15) is 0 Å². The fraction of sp³-hybridized carbons (Fsp3) is 0.529. The summed E-state index contributed by atoms with van der Waals surface area (Å²) in [6, 6.07) is 4.14. The summed E-state index contributed by atoms with van der Waals surface area (Å²) in [5.41, 5.74) is 4.47. The zero-order chi connectivity index (χ0) is 14.4. The van der Waals surface area contributed by atoms with Gasteiger partial charge >= 0.3 is 0 Å². The highest BCUT2D eigenvalue weighted by atomic mass is 16.2. The van der Waals surface area contributed by atoms with Gasteiger partial charge in [0.15, 0.2) is 0 Å². The zero-order valence-corrected chi connectivity index (χ0v) is 12.2. The third-order valence-electron chi connectivity index (χ3n) is 5.02. The lowest BCUT2D eigenvalue weighted by Gasteiger charge is -2.35. The van der Waals surface area contributed by atoms with E-state index in [0.717, 1.165) is 50.0 Å². The van der Waals surface area contributed by atoms with Crippen LogP contribution in [0.4, 0.5) is 11.4 Å². The second kappa shape index (κ2) is 4.86. The maximum atomic E-state index is 12.1. The molecule has 4 heteroatoms. The number of carbonyl (C=O) groups excluding carboxylic acids is 2. The number of hydrogen-bond acceptors (Lipinski definition) is 2. The van der Waals surface area contributed by atoms with Crippen molar-refractivity contribution in [2.75, 3.05) is 16.8 Å². The minimum Gasteiger partial charge on any atom is -0.326 e. The molecular weight excluding hydrogens is 264 g/mol. The van der Waals surface area contributed by atoms with Crippen LogP contribution in [0.5, 0.6) is 0 Å². The molecule has 0 saturated heterocycles. The van der Waals surface area contributed by atoms with Gasteiger partial charge in [-0.1, -0.05) is 6.42 Å². The third-order valence-corrected chi connectivity index (χ3v) is 5.02. The number of benzene rings is 1. The molecule has 0 aromatic heterocycles. The zero-order valence-electron chi connectivity index (χ0n) is 12.2. The van der Waals surface area contributed by atoms with E-state index < -0.39 is 0 Å². The first-order valence-corrected chi connectivity index (χ1v) is 7.99. The van der Waals surface area contributed by atoms with Crippen LogP contribution < -0.4 is 10.2 Å². The molecule has 1 aliphatic carbocycles. The lowest BCUT2D eigenvalue weighted by molar-refractivity contribution is -0.122. The monoisotopic (exact) mass is 284 g/mol. The van der Waals surface area contributed by atoms with Crippen molar-refractivity contribution in [3.8, 4) is 0 Å². The Morgan fingerprint density at radius 3 is 2.57 bits per heavy atom. The fourth-order valence-electron chi connectivity index (χ4n) is 3.64. The predicted octanol–water partition coefficient (Wildman–Crippen LogP) is 2.65. The van der Waals surface area contributed by atoms with Crippen LogP contribution in [0.25, 0.3) is 0 Å². The van der Waals surface area contributed by atoms with E-state index in [4.69, 9.17) is 0 Å². The van der Waals surface area contributed by atoms with Crippen LogP contribution in [0.3, 0.4) is 0 Å². The lowest BCUT2D eigenvalue weighted by Crippen LogP contribution is -2.39. The Hall–Kier alpha value is -1.84. The summed E-state index contributed by atoms with van der Waals surface area (Å²) in [4.78, 5) is 26.1. The van der Waals surface area contributed by atoms with Crippen molar-refractivity contribution in [1.82, 2.24) is 0 Å². The highest BCUT2D eigenvalue weighted by molar-refractivity contribution is 5.99. The molecular formula is C17H20N2O2. The minimum atomic E-state index is 0.160. The first-order chi connectivity index (χ1) is 10.2. The second-order valence-corrected chi connectivity index (χ2v) is 6.41. The molecule has 110 valence electrons. The molecule has 3 aliphatic rings. The molecule has 1 fully saturated rings. The molecule has 1 aromatic carbocycles. The predicted molar refractivity (Wildman–Crippen MR) is 81.4 cm³/mol. The minimum absolute atomic E-state index is 0.160. The molecule has 1 aromatic rings. The first-order valence-electron chi connectivity index (χ1n) is 7.99. The van der Waals surface area contributed by atoms with E-state index in [1.807, 2.05) is 4.90 Å². The van der Waals surface area contributed by atoms with Gasteiger partial charge in [0.05, 0.1) is 5.69 Å². The molecule has 2 aliphatic heterocycles. The van der Waals surface area contributed by atoms with E-state index in [1.165, 1.54) is 17.5 Å². The Labute approximate surface area is 124 Å². The molecule has 2 amide bonds. The van der Waals surface area contributed by atoms with E-state index in [1.54, 1.807) is 0 Å². The van der Waals surface area contributed by atoms with Crippen LogP contribution in [0.2, 0.25) is 0 Å². The average molecular weight is 284 g/mol. The highest BCUT2D eigenvalue weighted by Crippen LogP contribution is 2.38. The topological polar surface area (TPSA) is 49.4 Å². The molecule has 0 spiro atoms. The standard InChI is InChI=1S/C17H20N2O2/c20-15-7-6-13-10-14(18-17(21)11-3-1-4-11)9-12-5-2-8-19(15)16(12)13/h9-11H,1-8H2,(H,18,21). The number of amides is 2. The van der Waals surface area contributed by atoms with Gasteiger partial charge in [0.2, 0.25) is 11.8 Å². The van der Waals surface area contributed by atoms with E-state index in [9.17, 15) is 9.59 Å². The molecule has 0 radical (unpaired) electrons. The van der Waals surface area contributed by atoms with E-state index in [2.05, 4.69) is 17.4 Å². The largest absolute Gasteiger partial charge is 0.326 e. The number of anilines is 2. The van der Waals surface area contributed by atoms with Gasteiger partial charge in [-0.25, -0.2) is 0 Å². The Balaban J connectivity index is 1.65. The van der Waals surface area contributed by atoms with Crippen LogP contribution in [0.15, 0.2) is 12.1 Å². The summed E-state index contributed by atoms with van der Waals surface area (Å²) in [6.07, 6.45) is 6.61. The number of carbonyl (C=O) groups is 2. The molecule has 2 heterocycles. The van der Waals surface area contributed by atoms with Crippen LogP contribution in [0.1, 0.15) is 43.2 Å². The van der Waals surface area contributed by atoms with Gasteiger partial charge < -0.3 is 10.2 Å². The summed E-state index contributed by atoms with van der Waals surface area (Å²) in [5, 5.41) is 3.08. The highest BCUT2D eigenvalue weighted by Gasteiger charge is 2.30. The molecule has 1 saturated carbocycles. The fourth-order valence-corrected chi connectivity index (χ4v) is 3.64. The smallest absolute Gasteiger partial charge is 0.227 e. The van der Waals surface area contributed by atoms with Gasteiger partial charge in [0, 0.05) is 24.6 Å². The molecule has 0 atom stereocenters. The maximum absolute atomic E-state index is 12.1. The van der Waals surface area contributed by atoms with Crippen LogP contribution >= 0.6 is 0 Å². The summed E-state index contributed by atoms with van der Waals surface area (Å²) in [6.45, 7) is 0.840. The van der Waals surface area contributed by atoms with E-state index >= 15 is 0 Å². The van der Waals surface area contributed by atoms with E-state index in [0.29, 0.717) is 6.42 Å². The molecule has 0 bridgehead atoms. The Kier molecular flexibility index (Phi) is 2.98. The summed E-state index contributed by atoms with van der Waals surface area (Å²) >= 11 is 0. The number of hydrogen-bond donors (Lipinski definition) is 1. The van der Waals surface area contributed by atoms with Gasteiger partial charge in [0.25, 0.3) is 0 Å². The SMILES string of the molecule is O=C(Nc1cc2c3c(c1)CCC(=O)N3CCC2)C1CCC1. The Morgan fingerprint density at radius 2 is 1.86 bits per heavy atom. The molecule has 4 rings (SSSR count). The van der Waals surface area contributed by atoms with Gasteiger partial charge in [-0.3, -0.25) is 9.59 Å². The van der Waals surface area contributed by atoms with E-state index in [-0.39, 0.29) is 17.7 Å². The van der Waals surface area contributed by atoms with Crippen molar-refractivity contribution < 1.29 is 9.59 Å². The maximum Gasteiger partial charge on any atom is 0.227 e. The van der Waals surface area contributed by atoms with Crippen molar-refractivity contribution in [2.45, 2.75) is 44.9 Å². The van der Waals surface area contributed by atoms with Crippen molar-refractivity contribution in [1.29, 1.82) is 0 Å². The molecule has 4 nitrogen and oxygen atoms in total. The quantitative estimate of drug-likeness (QED) is 0.907. The van der Waals surface area contributed by atoms with Gasteiger partial charge in [-0.15, -0.1) is 0 Å². The average Bonchev–Trinajstić information content (AvgIpc) is 2.40.